The maximum atomic E-state index is 13.0. The summed E-state index contributed by atoms with van der Waals surface area (Å²) in [7, 11) is -3.61. The molecule has 0 aromatic heterocycles. The number of carbonyl (C=O) groups is 1. The fourth-order valence-electron chi connectivity index (χ4n) is 3.36. The average Bonchev–Trinajstić information content (AvgIpc) is 2.65. The van der Waals surface area contributed by atoms with Crippen molar-refractivity contribution >= 4 is 16.0 Å². The van der Waals surface area contributed by atoms with Crippen LogP contribution in [0, 0.1) is 20.8 Å². The lowest BCUT2D eigenvalue weighted by atomic mass is 10.1. The van der Waals surface area contributed by atoms with Crippen molar-refractivity contribution in [2.45, 2.75) is 44.9 Å². The van der Waals surface area contributed by atoms with Crippen molar-refractivity contribution in [1.29, 1.82) is 0 Å². The molecule has 0 bridgehead atoms. The van der Waals surface area contributed by atoms with E-state index in [2.05, 4.69) is 0 Å². The summed E-state index contributed by atoms with van der Waals surface area (Å²) in [4.78, 5) is 12.8. The second kappa shape index (κ2) is 7.82. The number of hydrogen-bond donors (Lipinski definition) is 0. The number of esters is 1. The van der Waals surface area contributed by atoms with Gasteiger partial charge in [0, 0.05) is 13.1 Å². The molecule has 1 aliphatic heterocycles. The van der Waals surface area contributed by atoms with Crippen molar-refractivity contribution in [3.05, 3.63) is 58.7 Å². The summed E-state index contributed by atoms with van der Waals surface area (Å²) in [6.45, 7) is 6.54. The molecule has 0 radical (unpaired) electrons. The third kappa shape index (κ3) is 4.06. The van der Waals surface area contributed by atoms with Gasteiger partial charge in [-0.25, -0.2) is 13.2 Å². The Kier molecular flexibility index (Phi) is 5.67. The van der Waals surface area contributed by atoms with Crippen LogP contribution in [0.4, 0.5) is 0 Å². The highest BCUT2D eigenvalue weighted by atomic mass is 32.2. The lowest BCUT2D eigenvalue weighted by molar-refractivity contribution is 0.0732. The van der Waals surface area contributed by atoms with E-state index in [1.165, 1.54) is 10.4 Å². The first kappa shape index (κ1) is 19.6. The normalized spacial score (nSPS) is 15.5. The monoisotopic (exact) mass is 387 g/mol. The number of piperidine rings is 1. The Balaban J connectivity index is 1.92. The van der Waals surface area contributed by atoms with E-state index in [9.17, 15) is 13.2 Å². The van der Waals surface area contributed by atoms with Gasteiger partial charge in [-0.3, -0.25) is 0 Å². The minimum atomic E-state index is -3.61. The molecule has 2 aromatic rings. The van der Waals surface area contributed by atoms with E-state index in [4.69, 9.17) is 4.74 Å². The van der Waals surface area contributed by atoms with Gasteiger partial charge in [0.05, 0.1) is 10.5 Å². The predicted molar refractivity (Wildman–Crippen MR) is 105 cm³/mol. The van der Waals surface area contributed by atoms with Crippen molar-refractivity contribution in [2.75, 3.05) is 13.1 Å². The summed E-state index contributed by atoms with van der Waals surface area (Å²) >= 11 is 0. The van der Waals surface area contributed by atoms with Gasteiger partial charge < -0.3 is 4.74 Å². The molecule has 0 unspecified atom stereocenters. The first-order chi connectivity index (χ1) is 12.8. The van der Waals surface area contributed by atoms with Crippen molar-refractivity contribution < 1.29 is 17.9 Å². The van der Waals surface area contributed by atoms with E-state index in [0.29, 0.717) is 24.4 Å². The van der Waals surface area contributed by atoms with Crippen LogP contribution in [0.3, 0.4) is 0 Å². The third-order valence-corrected chi connectivity index (χ3v) is 7.00. The molecule has 6 heteroatoms. The number of aryl methyl sites for hydroxylation is 3. The van der Waals surface area contributed by atoms with Crippen molar-refractivity contribution in [3.8, 4) is 5.75 Å². The second-order valence-electron chi connectivity index (χ2n) is 7.06. The summed E-state index contributed by atoms with van der Waals surface area (Å²) in [6, 6.07) is 10.4. The van der Waals surface area contributed by atoms with E-state index in [1.807, 2.05) is 32.0 Å². The van der Waals surface area contributed by atoms with E-state index in [1.54, 1.807) is 19.1 Å². The summed E-state index contributed by atoms with van der Waals surface area (Å²) in [5, 5.41) is 0. The Hall–Kier alpha value is -2.18. The molecular formula is C21H25NO4S. The second-order valence-corrected chi connectivity index (χ2v) is 8.96. The van der Waals surface area contributed by atoms with Crippen molar-refractivity contribution in [3.63, 3.8) is 0 Å². The quantitative estimate of drug-likeness (QED) is 0.587. The number of nitrogens with zero attached hydrogens (tertiary/aromatic N) is 1. The van der Waals surface area contributed by atoms with Gasteiger partial charge in [-0.05, 0) is 62.4 Å². The highest BCUT2D eigenvalue weighted by Crippen LogP contribution is 2.27. The average molecular weight is 388 g/mol. The maximum Gasteiger partial charge on any atom is 0.343 e. The highest BCUT2D eigenvalue weighted by Gasteiger charge is 2.28. The van der Waals surface area contributed by atoms with Crippen LogP contribution in [0.1, 0.15) is 46.3 Å². The first-order valence-corrected chi connectivity index (χ1v) is 10.6. The van der Waals surface area contributed by atoms with E-state index < -0.39 is 16.0 Å². The first-order valence-electron chi connectivity index (χ1n) is 9.20. The number of carbonyl (C=O) groups excluding carboxylic acids is 1. The number of ether oxygens (including phenoxy) is 1. The molecule has 5 nitrogen and oxygen atoms in total. The maximum absolute atomic E-state index is 13.0. The summed E-state index contributed by atoms with van der Waals surface area (Å²) in [5.74, 6) is -0.0361. The van der Waals surface area contributed by atoms with Crippen molar-refractivity contribution in [1.82, 2.24) is 4.31 Å². The Morgan fingerprint density at radius 3 is 2.19 bits per heavy atom. The van der Waals surface area contributed by atoms with Gasteiger partial charge in [-0.1, -0.05) is 30.7 Å². The molecule has 27 heavy (non-hydrogen) atoms. The van der Waals surface area contributed by atoms with E-state index >= 15 is 0 Å². The van der Waals surface area contributed by atoms with Crippen LogP contribution in [0.25, 0.3) is 0 Å². The number of hydrogen-bond acceptors (Lipinski definition) is 4. The molecule has 1 fully saturated rings. The van der Waals surface area contributed by atoms with Crippen LogP contribution in [-0.2, 0) is 10.0 Å². The Morgan fingerprint density at radius 1 is 0.926 bits per heavy atom. The molecule has 3 rings (SSSR count). The Morgan fingerprint density at radius 2 is 1.56 bits per heavy atom. The molecule has 0 spiro atoms. The van der Waals surface area contributed by atoms with Gasteiger partial charge in [-0.2, -0.15) is 4.31 Å². The zero-order valence-corrected chi connectivity index (χ0v) is 16.8. The number of sulfonamides is 1. The minimum absolute atomic E-state index is 0.181. The third-order valence-electron chi connectivity index (χ3n) is 4.96. The van der Waals surface area contributed by atoms with Gasteiger partial charge in [0.15, 0.2) is 0 Å². The van der Waals surface area contributed by atoms with Gasteiger partial charge in [-0.15, -0.1) is 0 Å². The fraction of sp³-hybridized carbons (Fsp3) is 0.381. The zero-order valence-electron chi connectivity index (χ0n) is 16.0. The summed E-state index contributed by atoms with van der Waals surface area (Å²) in [6.07, 6.45) is 2.78. The lowest BCUT2D eigenvalue weighted by Crippen LogP contribution is -2.36. The van der Waals surface area contributed by atoms with Crippen LogP contribution < -0.4 is 4.74 Å². The Labute approximate surface area is 161 Å². The molecule has 1 saturated heterocycles. The smallest absolute Gasteiger partial charge is 0.343 e. The van der Waals surface area contributed by atoms with Gasteiger partial charge in [0.2, 0.25) is 10.0 Å². The SMILES string of the molecule is Cc1ccc(C(=O)Oc2c(C)cccc2C)cc1S(=O)(=O)N1CCCCC1. The highest BCUT2D eigenvalue weighted by molar-refractivity contribution is 7.89. The molecular weight excluding hydrogens is 362 g/mol. The van der Waals surface area contributed by atoms with E-state index in [0.717, 1.165) is 30.4 Å². The van der Waals surface area contributed by atoms with Crippen LogP contribution in [0.15, 0.2) is 41.3 Å². The van der Waals surface area contributed by atoms with Crippen LogP contribution in [-0.4, -0.2) is 31.8 Å². The minimum Gasteiger partial charge on any atom is -0.422 e. The van der Waals surface area contributed by atoms with Gasteiger partial charge in [0.1, 0.15) is 5.75 Å². The molecule has 0 saturated carbocycles. The molecule has 1 heterocycles. The summed E-state index contributed by atoms with van der Waals surface area (Å²) < 4.78 is 33.1. The molecule has 0 aliphatic carbocycles. The van der Waals surface area contributed by atoms with Crippen molar-refractivity contribution in [2.24, 2.45) is 0 Å². The number of para-hydroxylation sites is 1. The molecule has 2 aromatic carbocycles. The summed E-state index contributed by atoms with van der Waals surface area (Å²) in [5.41, 5.74) is 2.58. The molecule has 1 aliphatic rings. The van der Waals surface area contributed by atoms with Crippen LogP contribution in [0.2, 0.25) is 0 Å². The molecule has 0 atom stereocenters. The molecule has 0 amide bonds. The molecule has 0 N–H and O–H groups in total. The van der Waals surface area contributed by atoms with Crippen LogP contribution in [0.5, 0.6) is 5.75 Å². The fourth-order valence-corrected chi connectivity index (χ4v) is 5.13. The largest absolute Gasteiger partial charge is 0.422 e. The lowest BCUT2D eigenvalue weighted by Gasteiger charge is -2.26. The topological polar surface area (TPSA) is 63.7 Å². The molecule has 144 valence electrons. The predicted octanol–water partition coefficient (Wildman–Crippen LogP) is 4.01. The van der Waals surface area contributed by atoms with E-state index in [-0.39, 0.29) is 10.5 Å². The number of rotatable bonds is 4. The zero-order chi connectivity index (χ0) is 19.6. The van der Waals surface area contributed by atoms with Gasteiger partial charge >= 0.3 is 5.97 Å². The number of benzene rings is 2. The standard InChI is InChI=1S/C21H25NO4S/c1-15-10-11-18(21(23)26-20-16(2)8-7-9-17(20)3)14-19(15)27(24,25)22-12-5-4-6-13-22/h7-11,14H,4-6,12-13H2,1-3H3. The van der Waals surface area contributed by atoms with Gasteiger partial charge in [0.25, 0.3) is 0 Å². The Bertz CT molecular complexity index is 940. The van der Waals surface area contributed by atoms with Crippen LogP contribution >= 0.6 is 0 Å².